The Morgan fingerprint density at radius 3 is 2.33 bits per heavy atom. The van der Waals surface area contributed by atoms with E-state index in [1.54, 1.807) is 0 Å². The van der Waals surface area contributed by atoms with Crippen LogP contribution in [0, 0.1) is 10.8 Å². The summed E-state index contributed by atoms with van der Waals surface area (Å²) in [6, 6.07) is 0. The van der Waals surface area contributed by atoms with E-state index < -0.39 is 5.41 Å². The Bertz CT molecular complexity index is 344. The summed E-state index contributed by atoms with van der Waals surface area (Å²) < 4.78 is 0. The quantitative estimate of drug-likeness (QED) is 0.728. The van der Waals surface area contributed by atoms with E-state index in [2.05, 4.69) is 12.2 Å². The first-order valence-corrected chi connectivity index (χ1v) is 7.54. The zero-order chi connectivity index (χ0) is 13.2. The summed E-state index contributed by atoms with van der Waals surface area (Å²) in [6.45, 7) is 3.01. The molecule has 3 nitrogen and oxygen atoms in total. The van der Waals surface area contributed by atoms with Crippen LogP contribution in [-0.2, 0) is 4.79 Å². The van der Waals surface area contributed by atoms with Gasteiger partial charge in [-0.05, 0) is 37.5 Å². The maximum Gasteiger partial charge on any atom is 0.233 e. The van der Waals surface area contributed by atoms with E-state index in [0.717, 1.165) is 32.2 Å². The normalized spacial score (nSPS) is 23.6. The Morgan fingerprint density at radius 1 is 1.28 bits per heavy atom. The van der Waals surface area contributed by atoms with Crippen molar-refractivity contribution < 1.29 is 4.79 Å². The molecule has 0 aromatic heterocycles. The number of nitrogens with two attached hydrogens (primary N) is 1. The van der Waals surface area contributed by atoms with Crippen LogP contribution < -0.4 is 11.1 Å². The second-order valence-corrected chi connectivity index (χ2v) is 6.53. The number of thiocarbonyl (C=S) groups is 1. The van der Waals surface area contributed by atoms with E-state index in [-0.39, 0.29) is 5.91 Å². The molecule has 4 heteroatoms. The lowest BCUT2D eigenvalue weighted by atomic mass is 9.84. The van der Waals surface area contributed by atoms with Crippen LogP contribution in [0.5, 0.6) is 0 Å². The molecule has 0 atom stereocenters. The Hall–Kier alpha value is -0.640. The molecule has 3 N–H and O–H groups in total. The molecular weight excluding hydrogens is 244 g/mol. The van der Waals surface area contributed by atoms with Gasteiger partial charge in [0, 0.05) is 6.54 Å². The molecule has 2 aliphatic rings. The Balaban J connectivity index is 1.92. The summed E-state index contributed by atoms with van der Waals surface area (Å²) in [5.41, 5.74) is 5.66. The second kappa shape index (κ2) is 5.16. The van der Waals surface area contributed by atoms with Crippen LogP contribution in [0.15, 0.2) is 0 Å². The molecule has 0 spiro atoms. The zero-order valence-corrected chi connectivity index (χ0v) is 12.1. The molecule has 0 aliphatic heterocycles. The lowest BCUT2D eigenvalue weighted by molar-refractivity contribution is -0.127. The third kappa shape index (κ3) is 2.53. The van der Waals surface area contributed by atoms with Crippen molar-refractivity contribution in [3.05, 3.63) is 0 Å². The maximum absolute atomic E-state index is 12.4. The summed E-state index contributed by atoms with van der Waals surface area (Å²) >= 11 is 5.14. The van der Waals surface area contributed by atoms with E-state index in [9.17, 15) is 4.79 Å². The maximum atomic E-state index is 12.4. The van der Waals surface area contributed by atoms with Gasteiger partial charge in [0.15, 0.2) is 0 Å². The SMILES string of the molecule is CCCC1(CNC(=O)C2(C(N)=S)CCCC2)CC1. The second-order valence-electron chi connectivity index (χ2n) is 6.09. The third-order valence-corrected chi connectivity index (χ3v) is 5.12. The number of hydrogen-bond acceptors (Lipinski definition) is 2. The van der Waals surface area contributed by atoms with Crippen LogP contribution in [0.1, 0.15) is 58.3 Å². The highest BCUT2D eigenvalue weighted by Crippen LogP contribution is 2.49. The van der Waals surface area contributed by atoms with Crippen molar-refractivity contribution >= 4 is 23.1 Å². The lowest BCUT2D eigenvalue weighted by Gasteiger charge is -2.27. The van der Waals surface area contributed by atoms with E-state index in [0.29, 0.717) is 10.4 Å². The number of rotatable bonds is 6. The summed E-state index contributed by atoms with van der Waals surface area (Å²) in [5.74, 6) is 0.0786. The summed E-state index contributed by atoms with van der Waals surface area (Å²) in [6.07, 6.45) is 8.69. The smallest absolute Gasteiger partial charge is 0.233 e. The van der Waals surface area contributed by atoms with Crippen LogP contribution in [-0.4, -0.2) is 17.4 Å². The van der Waals surface area contributed by atoms with Crippen molar-refractivity contribution in [1.82, 2.24) is 5.32 Å². The predicted molar refractivity (Wildman–Crippen MR) is 77.3 cm³/mol. The number of hydrogen-bond donors (Lipinski definition) is 2. The van der Waals surface area contributed by atoms with E-state index in [4.69, 9.17) is 18.0 Å². The molecule has 102 valence electrons. The van der Waals surface area contributed by atoms with Crippen LogP contribution in [0.3, 0.4) is 0 Å². The topological polar surface area (TPSA) is 55.1 Å². The van der Waals surface area contributed by atoms with E-state index in [1.165, 1.54) is 25.7 Å². The third-order valence-electron chi connectivity index (χ3n) is 4.72. The average Bonchev–Trinajstić information content (AvgIpc) is 2.92. The molecule has 2 fully saturated rings. The monoisotopic (exact) mass is 268 g/mol. The highest BCUT2D eigenvalue weighted by atomic mass is 32.1. The molecule has 0 aromatic carbocycles. The van der Waals surface area contributed by atoms with Gasteiger partial charge in [-0.1, -0.05) is 38.4 Å². The number of carbonyl (C=O) groups is 1. The van der Waals surface area contributed by atoms with Gasteiger partial charge in [-0.3, -0.25) is 4.79 Å². The lowest BCUT2D eigenvalue weighted by Crippen LogP contribution is -2.48. The molecule has 18 heavy (non-hydrogen) atoms. The van der Waals surface area contributed by atoms with Crippen molar-refractivity contribution in [2.75, 3.05) is 6.54 Å². The van der Waals surface area contributed by atoms with Crippen LogP contribution in [0.25, 0.3) is 0 Å². The van der Waals surface area contributed by atoms with Crippen molar-refractivity contribution in [1.29, 1.82) is 0 Å². The van der Waals surface area contributed by atoms with E-state index in [1.807, 2.05) is 0 Å². The minimum Gasteiger partial charge on any atom is -0.392 e. The van der Waals surface area contributed by atoms with Gasteiger partial charge in [-0.25, -0.2) is 0 Å². The first-order chi connectivity index (χ1) is 8.55. The fourth-order valence-corrected chi connectivity index (χ4v) is 3.52. The van der Waals surface area contributed by atoms with Gasteiger partial charge in [0.05, 0.1) is 10.4 Å². The number of nitrogens with one attached hydrogen (secondary N) is 1. The molecule has 0 bridgehead atoms. The Labute approximate surface area is 115 Å². The predicted octanol–water partition coefficient (Wildman–Crippen LogP) is 2.53. The molecule has 2 aliphatic carbocycles. The zero-order valence-electron chi connectivity index (χ0n) is 11.3. The number of carbonyl (C=O) groups excluding carboxylic acids is 1. The molecule has 2 rings (SSSR count). The van der Waals surface area contributed by atoms with Gasteiger partial charge in [0.1, 0.15) is 0 Å². The molecular formula is C14H24N2OS. The number of amides is 1. The largest absolute Gasteiger partial charge is 0.392 e. The van der Waals surface area contributed by atoms with Crippen molar-refractivity contribution in [2.45, 2.75) is 58.3 Å². The molecule has 0 unspecified atom stereocenters. The molecule has 0 saturated heterocycles. The first-order valence-electron chi connectivity index (χ1n) is 7.13. The molecule has 2 saturated carbocycles. The van der Waals surface area contributed by atoms with Crippen LogP contribution >= 0.6 is 12.2 Å². The van der Waals surface area contributed by atoms with Gasteiger partial charge < -0.3 is 11.1 Å². The first kappa shape index (κ1) is 13.8. The van der Waals surface area contributed by atoms with Gasteiger partial charge in [0.2, 0.25) is 5.91 Å². The minimum absolute atomic E-state index is 0.0786. The fourth-order valence-electron chi connectivity index (χ4n) is 3.22. The summed E-state index contributed by atoms with van der Waals surface area (Å²) in [5, 5.41) is 3.13. The van der Waals surface area contributed by atoms with Crippen molar-refractivity contribution in [2.24, 2.45) is 16.6 Å². The standard InChI is InChI=1S/C14H24N2OS/c1-2-5-13(8-9-13)10-16-12(17)14(11(15)18)6-3-4-7-14/h2-10H2,1H3,(H2,15,18)(H,16,17). The molecule has 0 heterocycles. The van der Waals surface area contributed by atoms with Gasteiger partial charge in [0.25, 0.3) is 0 Å². The van der Waals surface area contributed by atoms with Gasteiger partial charge >= 0.3 is 0 Å². The van der Waals surface area contributed by atoms with Crippen LogP contribution in [0.2, 0.25) is 0 Å². The fraction of sp³-hybridized carbons (Fsp3) is 0.857. The van der Waals surface area contributed by atoms with E-state index >= 15 is 0 Å². The Kier molecular flexibility index (Phi) is 3.95. The van der Waals surface area contributed by atoms with Gasteiger partial charge in [-0.2, -0.15) is 0 Å². The van der Waals surface area contributed by atoms with Crippen molar-refractivity contribution in [3.8, 4) is 0 Å². The summed E-state index contributed by atoms with van der Waals surface area (Å²) in [4.78, 5) is 12.8. The molecule has 1 amide bonds. The minimum atomic E-state index is -0.544. The Morgan fingerprint density at radius 2 is 1.89 bits per heavy atom. The van der Waals surface area contributed by atoms with Crippen molar-refractivity contribution in [3.63, 3.8) is 0 Å². The molecule has 0 radical (unpaired) electrons. The van der Waals surface area contributed by atoms with Gasteiger partial charge in [-0.15, -0.1) is 0 Å². The highest BCUT2D eigenvalue weighted by molar-refractivity contribution is 7.80. The molecule has 0 aromatic rings. The average molecular weight is 268 g/mol. The van der Waals surface area contributed by atoms with Crippen LogP contribution in [0.4, 0.5) is 0 Å². The highest BCUT2D eigenvalue weighted by Gasteiger charge is 2.46. The summed E-state index contributed by atoms with van der Waals surface area (Å²) in [7, 11) is 0.